The quantitative estimate of drug-likeness (QED) is 0.257. The van der Waals surface area contributed by atoms with Crippen molar-refractivity contribution in [1.29, 1.82) is 5.26 Å². The zero-order valence-electron chi connectivity index (χ0n) is 18.1. The predicted molar refractivity (Wildman–Crippen MR) is 130 cm³/mol. The average Bonchev–Trinajstić information content (AvgIpc) is 2.79. The van der Waals surface area contributed by atoms with E-state index in [1.54, 1.807) is 18.2 Å². The van der Waals surface area contributed by atoms with Gasteiger partial charge in [-0.05, 0) is 61.9 Å². The van der Waals surface area contributed by atoms with Crippen LogP contribution in [0.25, 0.3) is 6.08 Å². The van der Waals surface area contributed by atoms with Crippen LogP contribution in [0.1, 0.15) is 16.7 Å². The lowest BCUT2D eigenvalue weighted by Gasteiger charge is -2.25. The minimum atomic E-state index is -1.23. The van der Waals surface area contributed by atoms with E-state index in [4.69, 9.17) is 10.4 Å². The molecule has 0 unspecified atom stereocenters. The number of carboxylic acids is 1. The van der Waals surface area contributed by atoms with E-state index in [-0.39, 0.29) is 5.57 Å². The third-order valence-electron chi connectivity index (χ3n) is 4.86. The Morgan fingerprint density at radius 2 is 1.25 bits per heavy atom. The van der Waals surface area contributed by atoms with Crippen LogP contribution in [0.4, 0.5) is 17.1 Å². The van der Waals surface area contributed by atoms with Gasteiger partial charge in [0.05, 0.1) is 0 Å². The van der Waals surface area contributed by atoms with Gasteiger partial charge in [0.2, 0.25) is 0 Å². The molecule has 0 aliphatic rings. The van der Waals surface area contributed by atoms with Crippen molar-refractivity contribution in [2.75, 3.05) is 4.90 Å². The van der Waals surface area contributed by atoms with Gasteiger partial charge in [0.1, 0.15) is 11.6 Å². The van der Waals surface area contributed by atoms with Crippen molar-refractivity contribution >= 4 is 29.1 Å². The average molecular weight is 421 g/mol. The standard InChI is InChI=1S/C28H24N2O2/c1-21-8-14-25(15-9-21)30(26-16-10-22(2)11-17-26)27-18-12-23(13-19-27)6-4-3-5-7-24(20-29)28(31)32/h3-19H,1-2H3,(H,31,32). The first-order valence-electron chi connectivity index (χ1n) is 10.2. The Morgan fingerprint density at radius 1 is 0.781 bits per heavy atom. The van der Waals surface area contributed by atoms with E-state index < -0.39 is 5.97 Å². The maximum Gasteiger partial charge on any atom is 0.346 e. The largest absolute Gasteiger partial charge is 0.477 e. The number of allylic oxidation sites excluding steroid dienone is 4. The fourth-order valence-corrected chi connectivity index (χ4v) is 3.11. The van der Waals surface area contributed by atoms with Gasteiger partial charge < -0.3 is 10.0 Å². The molecule has 0 aliphatic carbocycles. The lowest BCUT2D eigenvalue weighted by molar-refractivity contribution is -0.132. The molecule has 1 N–H and O–H groups in total. The molecule has 32 heavy (non-hydrogen) atoms. The molecule has 0 radical (unpaired) electrons. The van der Waals surface area contributed by atoms with Gasteiger partial charge in [0, 0.05) is 17.1 Å². The first-order valence-corrected chi connectivity index (χ1v) is 10.2. The summed E-state index contributed by atoms with van der Waals surface area (Å²) in [7, 11) is 0. The summed E-state index contributed by atoms with van der Waals surface area (Å²) < 4.78 is 0. The molecule has 0 atom stereocenters. The lowest BCUT2D eigenvalue weighted by Crippen LogP contribution is -2.09. The molecule has 3 aromatic rings. The fraction of sp³-hybridized carbons (Fsp3) is 0.0714. The van der Waals surface area contributed by atoms with E-state index in [1.807, 2.05) is 18.2 Å². The minimum Gasteiger partial charge on any atom is -0.477 e. The second-order valence-corrected chi connectivity index (χ2v) is 7.34. The number of aliphatic carboxylic acids is 1. The van der Waals surface area contributed by atoms with Crippen molar-refractivity contribution in [3.8, 4) is 6.07 Å². The number of nitrogens with zero attached hydrogens (tertiary/aromatic N) is 2. The maximum absolute atomic E-state index is 10.8. The highest BCUT2D eigenvalue weighted by Gasteiger charge is 2.12. The normalized spacial score (nSPS) is 11.6. The summed E-state index contributed by atoms with van der Waals surface area (Å²) in [6.07, 6.45) is 8.23. The van der Waals surface area contributed by atoms with E-state index in [0.29, 0.717) is 0 Å². The van der Waals surface area contributed by atoms with Gasteiger partial charge in [-0.2, -0.15) is 5.26 Å². The van der Waals surface area contributed by atoms with Crippen LogP contribution < -0.4 is 4.90 Å². The van der Waals surface area contributed by atoms with Gasteiger partial charge in [-0.1, -0.05) is 71.8 Å². The highest BCUT2D eigenvalue weighted by atomic mass is 16.4. The second kappa shape index (κ2) is 10.6. The molecule has 0 amide bonds. The zero-order chi connectivity index (χ0) is 22.9. The molecule has 0 fully saturated rings. The summed E-state index contributed by atoms with van der Waals surface area (Å²) in [5.41, 5.74) is 6.36. The molecule has 0 aromatic heterocycles. The highest BCUT2D eigenvalue weighted by Crippen LogP contribution is 2.34. The van der Waals surface area contributed by atoms with Gasteiger partial charge in [-0.3, -0.25) is 0 Å². The molecule has 4 heteroatoms. The summed E-state index contributed by atoms with van der Waals surface area (Å²) in [4.78, 5) is 13.0. The van der Waals surface area contributed by atoms with E-state index in [1.165, 1.54) is 23.3 Å². The van der Waals surface area contributed by atoms with Gasteiger partial charge in [0.25, 0.3) is 0 Å². The summed E-state index contributed by atoms with van der Waals surface area (Å²) in [6.45, 7) is 4.16. The number of nitriles is 1. The smallest absolute Gasteiger partial charge is 0.346 e. The van der Waals surface area contributed by atoms with Crippen LogP contribution in [0.2, 0.25) is 0 Å². The number of rotatable bonds is 7. The molecule has 0 saturated carbocycles. The Hall–Kier alpha value is -4.36. The Kier molecular flexibility index (Phi) is 7.40. The second-order valence-electron chi connectivity index (χ2n) is 7.34. The van der Waals surface area contributed by atoms with E-state index in [9.17, 15) is 4.79 Å². The summed E-state index contributed by atoms with van der Waals surface area (Å²) in [6, 6.07) is 26.8. The topological polar surface area (TPSA) is 64.3 Å². The predicted octanol–water partition coefficient (Wildman–Crippen LogP) is 6.88. The minimum absolute atomic E-state index is 0.300. The van der Waals surface area contributed by atoms with Crippen LogP contribution in [0, 0.1) is 25.2 Å². The Labute approximate surface area is 188 Å². The molecule has 0 spiro atoms. The Bertz CT molecular complexity index is 1150. The number of carbonyl (C=O) groups is 1. The number of anilines is 3. The molecular weight excluding hydrogens is 396 g/mol. The zero-order valence-corrected chi connectivity index (χ0v) is 18.1. The van der Waals surface area contributed by atoms with Crippen LogP contribution in [0.3, 0.4) is 0 Å². The third kappa shape index (κ3) is 5.84. The van der Waals surface area contributed by atoms with Crippen LogP contribution in [0.5, 0.6) is 0 Å². The summed E-state index contributed by atoms with van der Waals surface area (Å²) in [5.74, 6) is -1.23. The van der Waals surface area contributed by atoms with Gasteiger partial charge in [-0.25, -0.2) is 4.79 Å². The van der Waals surface area contributed by atoms with Crippen molar-refractivity contribution in [3.63, 3.8) is 0 Å². The van der Waals surface area contributed by atoms with Crippen molar-refractivity contribution in [1.82, 2.24) is 0 Å². The van der Waals surface area contributed by atoms with Crippen LogP contribution in [0.15, 0.2) is 103 Å². The molecule has 3 aromatic carbocycles. The fourth-order valence-electron chi connectivity index (χ4n) is 3.11. The summed E-state index contributed by atoms with van der Waals surface area (Å²) in [5, 5.41) is 17.6. The number of benzene rings is 3. The number of hydrogen-bond acceptors (Lipinski definition) is 3. The van der Waals surface area contributed by atoms with Crippen LogP contribution in [-0.2, 0) is 4.79 Å². The monoisotopic (exact) mass is 420 g/mol. The van der Waals surface area contributed by atoms with Gasteiger partial charge >= 0.3 is 5.97 Å². The van der Waals surface area contributed by atoms with Crippen LogP contribution in [-0.4, -0.2) is 11.1 Å². The highest BCUT2D eigenvalue weighted by molar-refractivity contribution is 5.91. The Morgan fingerprint density at radius 3 is 1.69 bits per heavy atom. The van der Waals surface area contributed by atoms with Crippen molar-refractivity contribution in [3.05, 3.63) is 119 Å². The number of carboxylic acid groups (broad SMARTS) is 1. The molecule has 3 rings (SSSR count). The Balaban J connectivity index is 1.83. The number of hydrogen-bond donors (Lipinski definition) is 1. The van der Waals surface area contributed by atoms with Crippen molar-refractivity contribution in [2.45, 2.75) is 13.8 Å². The van der Waals surface area contributed by atoms with Crippen LogP contribution >= 0.6 is 0 Å². The van der Waals surface area contributed by atoms with E-state index in [0.717, 1.165) is 22.6 Å². The SMILES string of the molecule is Cc1ccc(N(c2ccc(C)cc2)c2ccc(C=CC=CC=C(C#N)C(=O)O)cc2)cc1. The molecule has 4 nitrogen and oxygen atoms in total. The molecule has 0 bridgehead atoms. The summed E-state index contributed by atoms with van der Waals surface area (Å²) >= 11 is 0. The lowest BCUT2D eigenvalue weighted by atomic mass is 10.1. The van der Waals surface area contributed by atoms with E-state index in [2.05, 4.69) is 79.4 Å². The molecule has 0 saturated heterocycles. The third-order valence-corrected chi connectivity index (χ3v) is 4.86. The molecule has 0 aliphatic heterocycles. The first kappa shape index (κ1) is 22.3. The molecule has 158 valence electrons. The maximum atomic E-state index is 10.8. The van der Waals surface area contributed by atoms with Crippen molar-refractivity contribution < 1.29 is 9.90 Å². The molecular formula is C28H24N2O2. The van der Waals surface area contributed by atoms with Gasteiger partial charge in [0.15, 0.2) is 0 Å². The van der Waals surface area contributed by atoms with E-state index >= 15 is 0 Å². The molecule has 0 heterocycles. The van der Waals surface area contributed by atoms with Crippen molar-refractivity contribution in [2.24, 2.45) is 0 Å². The first-order chi connectivity index (χ1) is 15.5. The number of aryl methyl sites for hydroxylation is 2. The van der Waals surface area contributed by atoms with Gasteiger partial charge in [-0.15, -0.1) is 0 Å².